The van der Waals surface area contributed by atoms with Crippen molar-refractivity contribution in [3.8, 4) is 0 Å². The van der Waals surface area contributed by atoms with Crippen molar-refractivity contribution in [2.24, 2.45) is 5.92 Å². The minimum absolute atomic E-state index is 0.0480. The van der Waals surface area contributed by atoms with Crippen molar-refractivity contribution in [1.82, 2.24) is 4.31 Å². The van der Waals surface area contributed by atoms with Gasteiger partial charge in [-0.25, -0.2) is 8.42 Å². The number of rotatable bonds is 7. The van der Waals surface area contributed by atoms with Gasteiger partial charge in [0.05, 0.1) is 30.2 Å². The van der Waals surface area contributed by atoms with Crippen LogP contribution >= 0.6 is 0 Å². The van der Waals surface area contributed by atoms with Gasteiger partial charge >= 0.3 is 0 Å². The van der Waals surface area contributed by atoms with E-state index >= 15 is 0 Å². The van der Waals surface area contributed by atoms with E-state index in [4.69, 9.17) is 4.74 Å². The highest BCUT2D eigenvalue weighted by Crippen LogP contribution is 2.34. The molecule has 0 spiro atoms. The second kappa shape index (κ2) is 8.39. The SMILES string of the molecule is C=C[C@H](COCc1ccccc1)N1[C@@H](C(C)C)C(=O)c2ccccc2S1(=O)=O. The van der Waals surface area contributed by atoms with E-state index in [0.717, 1.165) is 5.56 Å². The lowest BCUT2D eigenvalue weighted by Crippen LogP contribution is -2.56. The van der Waals surface area contributed by atoms with E-state index in [2.05, 4.69) is 6.58 Å². The average molecular weight is 400 g/mol. The van der Waals surface area contributed by atoms with Crippen molar-refractivity contribution in [3.05, 3.63) is 78.4 Å². The van der Waals surface area contributed by atoms with Crippen LogP contribution < -0.4 is 0 Å². The van der Waals surface area contributed by atoms with Gasteiger partial charge in [0.25, 0.3) is 0 Å². The molecule has 0 bridgehead atoms. The number of nitrogens with zero attached hydrogens (tertiary/aromatic N) is 1. The highest BCUT2D eigenvalue weighted by molar-refractivity contribution is 7.89. The summed E-state index contributed by atoms with van der Waals surface area (Å²) in [5.74, 6) is -0.373. The summed E-state index contributed by atoms with van der Waals surface area (Å²) in [7, 11) is -3.86. The third-order valence-electron chi connectivity index (χ3n) is 4.88. The first-order valence-corrected chi connectivity index (χ1v) is 10.7. The van der Waals surface area contributed by atoms with Gasteiger partial charge in [-0.2, -0.15) is 4.31 Å². The molecule has 0 fully saturated rings. The van der Waals surface area contributed by atoms with Crippen LogP contribution in [0.15, 0.2) is 72.1 Å². The zero-order valence-electron chi connectivity index (χ0n) is 16.1. The number of sulfonamides is 1. The van der Waals surface area contributed by atoms with Gasteiger partial charge in [0.2, 0.25) is 10.0 Å². The van der Waals surface area contributed by atoms with Crippen LogP contribution in [0.25, 0.3) is 0 Å². The molecule has 0 N–H and O–H groups in total. The lowest BCUT2D eigenvalue weighted by Gasteiger charge is -2.40. The summed E-state index contributed by atoms with van der Waals surface area (Å²) in [5, 5.41) is 0. The van der Waals surface area contributed by atoms with Gasteiger partial charge in [-0.15, -0.1) is 6.58 Å². The van der Waals surface area contributed by atoms with Crippen molar-refractivity contribution >= 4 is 15.8 Å². The first-order chi connectivity index (χ1) is 13.4. The summed E-state index contributed by atoms with van der Waals surface area (Å²) in [6, 6.07) is 14.6. The van der Waals surface area contributed by atoms with Crippen LogP contribution in [0.1, 0.15) is 29.8 Å². The lowest BCUT2D eigenvalue weighted by atomic mass is 9.93. The predicted octanol–water partition coefficient (Wildman–Crippen LogP) is 3.67. The first-order valence-electron chi connectivity index (χ1n) is 9.29. The normalized spacial score (nSPS) is 20.0. The molecule has 28 heavy (non-hydrogen) atoms. The first kappa shape index (κ1) is 20.5. The van der Waals surface area contributed by atoms with Crippen molar-refractivity contribution in [2.75, 3.05) is 6.61 Å². The Balaban J connectivity index is 1.91. The molecule has 1 aliphatic rings. The Hall–Kier alpha value is -2.28. The average Bonchev–Trinajstić information content (AvgIpc) is 2.69. The molecule has 2 atom stereocenters. The van der Waals surface area contributed by atoms with E-state index in [0.29, 0.717) is 6.61 Å². The summed E-state index contributed by atoms with van der Waals surface area (Å²) in [5.41, 5.74) is 1.25. The molecule has 0 radical (unpaired) electrons. The number of carbonyl (C=O) groups is 1. The largest absolute Gasteiger partial charge is 0.375 e. The molecule has 0 saturated heterocycles. The van der Waals surface area contributed by atoms with Gasteiger partial charge in [0, 0.05) is 5.56 Å². The summed E-state index contributed by atoms with van der Waals surface area (Å²) in [4.78, 5) is 13.1. The highest BCUT2D eigenvalue weighted by Gasteiger charge is 2.47. The van der Waals surface area contributed by atoms with Crippen molar-refractivity contribution in [1.29, 1.82) is 0 Å². The highest BCUT2D eigenvalue weighted by atomic mass is 32.2. The monoisotopic (exact) mass is 399 g/mol. The molecule has 3 rings (SSSR count). The van der Waals surface area contributed by atoms with E-state index in [1.54, 1.807) is 24.3 Å². The molecule has 0 aromatic heterocycles. The molecule has 2 aromatic rings. The molecular formula is C22H25NO4S. The molecule has 0 saturated carbocycles. The Bertz CT molecular complexity index is 954. The topological polar surface area (TPSA) is 63.7 Å². The molecular weight excluding hydrogens is 374 g/mol. The van der Waals surface area contributed by atoms with E-state index in [9.17, 15) is 13.2 Å². The number of ether oxygens (including phenoxy) is 1. The Morgan fingerprint density at radius 1 is 1.11 bits per heavy atom. The Kier molecular flexibility index (Phi) is 6.13. The molecule has 5 nitrogen and oxygen atoms in total. The summed E-state index contributed by atoms with van der Waals surface area (Å²) < 4.78 is 33.8. The maximum atomic E-state index is 13.4. The number of Topliss-reactive ketones (excluding diaryl/α,β-unsaturated/α-hetero) is 1. The van der Waals surface area contributed by atoms with Crippen LogP contribution in [0.5, 0.6) is 0 Å². The zero-order valence-corrected chi connectivity index (χ0v) is 16.9. The van der Waals surface area contributed by atoms with Gasteiger partial charge in [-0.3, -0.25) is 4.79 Å². The van der Waals surface area contributed by atoms with Gasteiger partial charge in [-0.05, 0) is 23.6 Å². The Morgan fingerprint density at radius 3 is 2.39 bits per heavy atom. The molecule has 0 amide bonds. The summed E-state index contributed by atoms with van der Waals surface area (Å²) in [6.07, 6.45) is 1.54. The van der Waals surface area contributed by atoms with E-state index in [1.165, 1.54) is 10.4 Å². The predicted molar refractivity (Wildman–Crippen MR) is 109 cm³/mol. The summed E-state index contributed by atoms with van der Waals surface area (Å²) in [6.45, 7) is 7.99. The number of carbonyl (C=O) groups excluding carboxylic acids is 1. The lowest BCUT2D eigenvalue weighted by molar-refractivity contribution is 0.0622. The number of hydrogen-bond acceptors (Lipinski definition) is 4. The Morgan fingerprint density at radius 2 is 1.75 bits per heavy atom. The second-order valence-corrected chi connectivity index (χ2v) is 9.00. The molecule has 0 unspecified atom stereocenters. The molecule has 1 heterocycles. The van der Waals surface area contributed by atoms with Crippen LogP contribution in [0.2, 0.25) is 0 Å². The summed E-state index contributed by atoms with van der Waals surface area (Å²) >= 11 is 0. The number of benzene rings is 2. The standard InChI is InChI=1S/C22H25NO4S/c1-4-18(15-27-14-17-10-6-5-7-11-17)23-21(16(2)3)22(24)19-12-8-9-13-20(19)28(23,25)26/h4-13,16,18,21H,1,14-15H2,2-3H3/t18-,21+/m1/s1. The van der Waals surface area contributed by atoms with Gasteiger partial charge < -0.3 is 4.74 Å². The van der Waals surface area contributed by atoms with Crippen LogP contribution in [0.3, 0.4) is 0 Å². The quantitative estimate of drug-likeness (QED) is 0.667. The van der Waals surface area contributed by atoms with E-state index in [-0.39, 0.29) is 28.8 Å². The smallest absolute Gasteiger partial charge is 0.245 e. The van der Waals surface area contributed by atoms with Crippen molar-refractivity contribution in [2.45, 2.75) is 37.4 Å². The maximum Gasteiger partial charge on any atom is 0.245 e. The number of fused-ring (bicyclic) bond motifs is 1. The van der Waals surface area contributed by atoms with E-state index in [1.807, 2.05) is 44.2 Å². The fraction of sp³-hybridized carbons (Fsp3) is 0.318. The minimum atomic E-state index is -3.86. The fourth-order valence-corrected chi connectivity index (χ4v) is 5.60. The molecule has 6 heteroatoms. The van der Waals surface area contributed by atoms with E-state index < -0.39 is 22.1 Å². The molecule has 2 aromatic carbocycles. The van der Waals surface area contributed by atoms with Crippen molar-refractivity contribution in [3.63, 3.8) is 0 Å². The van der Waals surface area contributed by atoms with Crippen LogP contribution in [-0.4, -0.2) is 37.2 Å². The second-order valence-electron chi connectivity index (χ2n) is 7.19. The maximum absolute atomic E-state index is 13.4. The number of ketones is 1. The van der Waals surface area contributed by atoms with Crippen LogP contribution in [0, 0.1) is 5.92 Å². The van der Waals surface area contributed by atoms with Crippen LogP contribution in [-0.2, 0) is 21.4 Å². The third kappa shape index (κ3) is 3.81. The Labute approximate surface area is 166 Å². The number of hydrogen-bond donors (Lipinski definition) is 0. The van der Waals surface area contributed by atoms with Crippen molar-refractivity contribution < 1.29 is 17.9 Å². The molecule has 0 aliphatic carbocycles. The van der Waals surface area contributed by atoms with Gasteiger partial charge in [0.1, 0.15) is 0 Å². The van der Waals surface area contributed by atoms with Gasteiger partial charge in [-0.1, -0.05) is 62.4 Å². The minimum Gasteiger partial charge on any atom is -0.375 e. The fourth-order valence-electron chi connectivity index (χ4n) is 3.53. The third-order valence-corrected chi connectivity index (χ3v) is 6.85. The molecule has 1 aliphatic heterocycles. The molecule has 148 valence electrons. The van der Waals surface area contributed by atoms with Gasteiger partial charge in [0.15, 0.2) is 5.78 Å². The zero-order chi connectivity index (χ0) is 20.3. The van der Waals surface area contributed by atoms with Crippen LogP contribution in [0.4, 0.5) is 0 Å².